The largest absolute Gasteiger partial charge is 0.454 e. The molecule has 1 heterocycles. The van der Waals surface area contributed by atoms with Gasteiger partial charge < -0.3 is 20.1 Å². The van der Waals surface area contributed by atoms with E-state index in [1.54, 1.807) is 51.4 Å². The molecule has 3 aromatic rings. The van der Waals surface area contributed by atoms with Crippen LogP contribution in [0.4, 0.5) is 21.6 Å². The number of hydrogen-bond donors (Lipinski definition) is 4. The molecule has 37 heavy (non-hydrogen) atoms. The predicted octanol–water partition coefficient (Wildman–Crippen LogP) is 5.67. The van der Waals surface area contributed by atoms with Gasteiger partial charge in [-0.3, -0.25) is 14.2 Å². The van der Waals surface area contributed by atoms with Crippen LogP contribution in [0.3, 0.4) is 0 Å². The molecule has 0 spiro atoms. The molecular weight excluding hydrogens is 517 g/mol. The molecule has 4 N–H and O–H groups in total. The van der Waals surface area contributed by atoms with Gasteiger partial charge in [-0.15, -0.1) is 0 Å². The highest BCUT2D eigenvalue weighted by atomic mass is 35.5. The van der Waals surface area contributed by atoms with E-state index in [1.807, 2.05) is 6.92 Å². The summed E-state index contributed by atoms with van der Waals surface area (Å²) in [6.07, 6.45) is 2.04. The summed E-state index contributed by atoms with van der Waals surface area (Å²) in [5.74, 6) is -0.464. The van der Waals surface area contributed by atoms with Crippen LogP contribution in [0.2, 0.25) is 5.02 Å². The molecule has 0 unspecified atom stereocenters. The Morgan fingerprint density at radius 2 is 2.00 bits per heavy atom. The molecule has 1 fully saturated rings. The fraction of sp³-hybridized carbons (Fsp3) is 0.308. The zero-order chi connectivity index (χ0) is 26.7. The number of nitrogens with one attached hydrogen (secondary N) is 4. The van der Waals surface area contributed by atoms with Crippen molar-refractivity contribution in [1.29, 1.82) is 0 Å². The van der Waals surface area contributed by atoms with E-state index in [0.717, 1.165) is 18.4 Å². The van der Waals surface area contributed by atoms with E-state index in [1.165, 1.54) is 22.8 Å². The van der Waals surface area contributed by atoms with Crippen LogP contribution < -0.4 is 30.4 Å². The van der Waals surface area contributed by atoms with Crippen molar-refractivity contribution in [1.82, 2.24) is 14.6 Å². The molecule has 0 radical (unpaired) electrons. The van der Waals surface area contributed by atoms with Gasteiger partial charge in [0.25, 0.3) is 11.5 Å². The summed E-state index contributed by atoms with van der Waals surface area (Å²) in [7, 11) is 3.30. The van der Waals surface area contributed by atoms with Gasteiger partial charge in [0.2, 0.25) is 0 Å². The van der Waals surface area contributed by atoms with Gasteiger partial charge in [0, 0.05) is 25.2 Å². The van der Waals surface area contributed by atoms with Crippen LogP contribution in [0, 0.1) is 12.7 Å². The number of aromatic nitrogens is 1. The molecule has 0 bridgehead atoms. The summed E-state index contributed by atoms with van der Waals surface area (Å²) in [5.41, 5.74) is 1.50. The lowest BCUT2D eigenvalue weighted by Crippen LogP contribution is -2.32. The number of anilines is 3. The van der Waals surface area contributed by atoms with Crippen LogP contribution >= 0.6 is 23.7 Å². The molecule has 1 aromatic heterocycles. The average Bonchev–Trinajstić information content (AvgIpc) is 3.68. The van der Waals surface area contributed by atoms with Gasteiger partial charge in [-0.05, 0) is 63.1 Å². The second-order valence-corrected chi connectivity index (χ2v) is 9.93. The van der Waals surface area contributed by atoms with Gasteiger partial charge in [-0.2, -0.15) is 0 Å². The number of ether oxygens (including phenoxy) is 1. The van der Waals surface area contributed by atoms with Crippen molar-refractivity contribution < 1.29 is 13.9 Å². The second kappa shape index (κ2) is 11.5. The Balaban J connectivity index is 1.90. The van der Waals surface area contributed by atoms with Crippen molar-refractivity contribution in [3.8, 4) is 11.5 Å². The van der Waals surface area contributed by atoms with E-state index in [-0.39, 0.29) is 45.2 Å². The lowest BCUT2D eigenvalue weighted by atomic mass is 10.1. The number of nitrogens with zero attached hydrogens (tertiary/aromatic N) is 1. The molecule has 4 rings (SSSR count). The summed E-state index contributed by atoms with van der Waals surface area (Å²) in [6, 6.07) is 9.91. The third-order valence-corrected chi connectivity index (χ3v) is 6.86. The maximum atomic E-state index is 14.8. The van der Waals surface area contributed by atoms with Crippen LogP contribution in [0.25, 0.3) is 0 Å². The zero-order valence-corrected chi connectivity index (χ0v) is 22.6. The van der Waals surface area contributed by atoms with Crippen molar-refractivity contribution >= 4 is 46.8 Å². The van der Waals surface area contributed by atoms with E-state index < -0.39 is 11.7 Å². The monoisotopic (exact) mass is 545 g/mol. The molecule has 196 valence electrons. The van der Waals surface area contributed by atoms with E-state index in [4.69, 9.17) is 16.3 Å². The van der Waals surface area contributed by atoms with Gasteiger partial charge in [0.05, 0.1) is 16.9 Å². The van der Waals surface area contributed by atoms with Crippen molar-refractivity contribution in [3.63, 3.8) is 0 Å². The lowest BCUT2D eigenvalue weighted by molar-refractivity contribution is 0.0948. The van der Waals surface area contributed by atoms with Crippen molar-refractivity contribution in [2.24, 2.45) is 7.05 Å². The molecule has 1 saturated carbocycles. The standard InChI is InChI=1S/C26H29ClFN5O3S/c1-5-16-23(36-20-8-6-7-19(22(20)27)32-37-29-3)21(25(34)30-15-10-11-15)24(33(4)26(16)35)31-18-12-9-14(2)13-17(18)28/h6-9,12-13,15,29,31-32H,5,10-11H2,1-4H3,(H,30,34). The van der Waals surface area contributed by atoms with Gasteiger partial charge in [-0.1, -0.05) is 30.7 Å². The summed E-state index contributed by atoms with van der Waals surface area (Å²) < 4.78 is 28.3. The molecule has 1 amide bonds. The van der Waals surface area contributed by atoms with Crippen LogP contribution in [0.1, 0.15) is 41.3 Å². The minimum absolute atomic E-state index is 0.0429. The number of aryl methyl sites for hydroxylation is 1. The molecule has 2 aromatic carbocycles. The summed E-state index contributed by atoms with van der Waals surface area (Å²) in [6.45, 7) is 3.59. The molecular formula is C26H29ClFN5O3S. The Morgan fingerprint density at radius 3 is 2.65 bits per heavy atom. The highest BCUT2D eigenvalue weighted by molar-refractivity contribution is 7.98. The van der Waals surface area contributed by atoms with Gasteiger partial charge >= 0.3 is 0 Å². The highest BCUT2D eigenvalue weighted by Crippen LogP contribution is 2.40. The average molecular weight is 546 g/mol. The summed E-state index contributed by atoms with van der Waals surface area (Å²) in [4.78, 5) is 27.0. The predicted molar refractivity (Wildman–Crippen MR) is 148 cm³/mol. The third-order valence-electron chi connectivity index (χ3n) is 5.95. The molecule has 8 nitrogen and oxygen atoms in total. The van der Waals surface area contributed by atoms with Crippen molar-refractivity contribution in [2.75, 3.05) is 17.1 Å². The van der Waals surface area contributed by atoms with Crippen LogP contribution in [-0.4, -0.2) is 23.6 Å². The molecule has 1 aliphatic rings. The third kappa shape index (κ3) is 5.87. The summed E-state index contributed by atoms with van der Waals surface area (Å²) >= 11 is 7.84. The number of hydrogen-bond acceptors (Lipinski definition) is 7. The van der Waals surface area contributed by atoms with Crippen LogP contribution in [0.15, 0.2) is 41.2 Å². The molecule has 1 aliphatic carbocycles. The van der Waals surface area contributed by atoms with Crippen LogP contribution in [-0.2, 0) is 13.5 Å². The fourth-order valence-corrected chi connectivity index (χ4v) is 4.48. The summed E-state index contributed by atoms with van der Waals surface area (Å²) in [5, 5.41) is 6.22. The second-order valence-electron chi connectivity index (χ2n) is 8.73. The van der Waals surface area contributed by atoms with E-state index >= 15 is 0 Å². The Labute approximate surface area is 224 Å². The van der Waals surface area contributed by atoms with Gasteiger partial charge in [0.1, 0.15) is 28.0 Å². The van der Waals surface area contributed by atoms with Gasteiger partial charge in [-0.25, -0.2) is 9.11 Å². The number of halogens is 2. The number of benzene rings is 2. The maximum Gasteiger partial charge on any atom is 0.259 e. The number of rotatable bonds is 10. The first-order valence-corrected chi connectivity index (χ1v) is 13.1. The normalized spacial score (nSPS) is 12.8. The Bertz CT molecular complexity index is 1390. The number of carbonyl (C=O) groups excluding carboxylic acids is 1. The Hall–Kier alpha value is -3.21. The molecule has 0 atom stereocenters. The minimum atomic E-state index is -0.508. The zero-order valence-electron chi connectivity index (χ0n) is 21.0. The molecule has 0 saturated heterocycles. The lowest BCUT2D eigenvalue weighted by Gasteiger charge is -2.22. The van der Waals surface area contributed by atoms with Crippen molar-refractivity contribution in [3.05, 3.63) is 74.3 Å². The minimum Gasteiger partial charge on any atom is -0.454 e. The molecule has 0 aliphatic heterocycles. The number of carbonyl (C=O) groups is 1. The smallest absolute Gasteiger partial charge is 0.259 e. The first-order valence-electron chi connectivity index (χ1n) is 11.9. The number of amides is 1. The number of pyridine rings is 1. The molecule has 11 heteroatoms. The maximum absolute atomic E-state index is 14.8. The van der Waals surface area contributed by atoms with E-state index in [9.17, 15) is 14.0 Å². The quantitative estimate of drug-likeness (QED) is 0.244. The van der Waals surface area contributed by atoms with Gasteiger partial charge in [0.15, 0.2) is 5.75 Å². The Morgan fingerprint density at radius 1 is 1.24 bits per heavy atom. The first-order chi connectivity index (χ1) is 17.7. The van der Waals surface area contributed by atoms with E-state index in [2.05, 4.69) is 20.1 Å². The topological polar surface area (TPSA) is 96.4 Å². The first kappa shape index (κ1) is 26.8. The fourth-order valence-electron chi connectivity index (χ4n) is 3.83. The van der Waals surface area contributed by atoms with Crippen molar-refractivity contribution in [2.45, 2.75) is 39.2 Å². The van der Waals surface area contributed by atoms with E-state index in [0.29, 0.717) is 17.7 Å². The Kier molecular flexibility index (Phi) is 8.31. The SMILES string of the molecule is CCc1c(Oc2cccc(NSNC)c2Cl)c(C(=O)NC2CC2)c(Nc2ccc(C)cc2F)n(C)c1=O. The highest BCUT2D eigenvalue weighted by Gasteiger charge is 2.31. The van der Waals surface area contributed by atoms with Crippen LogP contribution in [0.5, 0.6) is 11.5 Å².